The predicted octanol–water partition coefficient (Wildman–Crippen LogP) is 4.52. The molecule has 2 aromatic carbocycles. The summed E-state index contributed by atoms with van der Waals surface area (Å²) < 4.78 is 29.1. The smallest absolute Gasteiger partial charge is 0.338 e. The quantitative estimate of drug-likeness (QED) is 0.263. The molecule has 0 saturated heterocycles. The second-order valence-corrected chi connectivity index (χ2v) is 10.7. The van der Waals surface area contributed by atoms with Gasteiger partial charge in [0, 0.05) is 22.2 Å². The fourth-order valence-electron chi connectivity index (χ4n) is 4.85. The van der Waals surface area contributed by atoms with E-state index in [1.807, 2.05) is 0 Å². The molecular formula is C31H27ClN2O8S. The lowest BCUT2D eigenvalue weighted by Crippen LogP contribution is -2.40. The summed E-state index contributed by atoms with van der Waals surface area (Å²) in [4.78, 5) is 44.6. The third kappa shape index (κ3) is 5.61. The number of fused-ring (bicyclic) bond motifs is 1. The van der Waals surface area contributed by atoms with Crippen LogP contribution in [0.2, 0.25) is 5.02 Å². The highest BCUT2D eigenvalue weighted by Crippen LogP contribution is 2.38. The summed E-state index contributed by atoms with van der Waals surface area (Å²) in [6, 6.07) is 12.4. The molecule has 0 amide bonds. The van der Waals surface area contributed by atoms with Crippen molar-refractivity contribution in [2.45, 2.75) is 19.9 Å². The minimum atomic E-state index is -0.899. The monoisotopic (exact) mass is 622 g/mol. The van der Waals surface area contributed by atoms with Gasteiger partial charge in [-0.2, -0.15) is 0 Å². The van der Waals surface area contributed by atoms with Crippen LogP contribution in [0.4, 0.5) is 0 Å². The lowest BCUT2D eigenvalue weighted by atomic mass is 9.95. The van der Waals surface area contributed by atoms with Crippen LogP contribution in [0.15, 0.2) is 74.0 Å². The molecule has 0 unspecified atom stereocenters. The fourth-order valence-corrected chi connectivity index (χ4v) is 6.05. The van der Waals surface area contributed by atoms with Crippen molar-refractivity contribution in [3.8, 4) is 22.8 Å². The first-order valence-corrected chi connectivity index (χ1v) is 14.3. The Morgan fingerprint density at radius 3 is 2.56 bits per heavy atom. The van der Waals surface area contributed by atoms with E-state index in [-0.39, 0.29) is 17.7 Å². The van der Waals surface area contributed by atoms with Crippen molar-refractivity contribution >= 4 is 41.0 Å². The Bertz CT molecular complexity index is 1950. The van der Waals surface area contributed by atoms with E-state index < -0.39 is 23.5 Å². The van der Waals surface area contributed by atoms with Gasteiger partial charge in [0.2, 0.25) is 0 Å². The molecule has 1 atom stereocenters. The van der Waals surface area contributed by atoms with E-state index in [0.29, 0.717) is 54.2 Å². The SMILES string of the molecule is CCOC(=O)C1=C(C)N=c2s/c(=C/c3ccc(-c4cc(Cl)ccc4C(=O)OC)o3)c(=O)n2[C@H]1c1cc(OC)ccc1OC. The number of rotatable bonds is 8. The number of carbonyl (C=O) groups excluding carboxylic acids is 2. The third-order valence-corrected chi connectivity index (χ3v) is 8.02. The number of ether oxygens (including phenoxy) is 4. The number of benzene rings is 2. The van der Waals surface area contributed by atoms with E-state index in [0.717, 1.165) is 11.3 Å². The number of halogens is 1. The Morgan fingerprint density at radius 2 is 1.86 bits per heavy atom. The van der Waals surface area contributed by atoms with Crippen molar-refractivity contribution in [1.82, 2.24) is 4.57 Å². The summed E-state index contributed by atoms with van der Waals surface area (Å²) in [6.45, 7) is 3.55. The summed E-state index contributed by atoms with van der Waals surface area (Å²) in [5.41, 5.74) is 1.48. The number of furan rings is 1. The Hall–Kier alpha value is -4.61. The highest BCUT2D eigenvalue weighted by atomic mass is 35.5. The average molecular weight is 623 g/mol. The number of esters is 2. The highest BCUT2D eigenvalue weighted by molar-refractivity contribution is 7.07. The topological polar surface area (TPSA) is 119 Å². The number of allylic oxidation sites excluding steroid dienone is 1. The van der Waals surface area contributed by atoms with Crippen molar-refractivity contribution in [3.05, 3.63) is 101 Å². The second kappa shape index (κ2) is 12.3. The highest BCUT2D eigenvalue weighted by Gasteiger charge is 2.35. The molecule has 1 aliphatic heterocycles. The first-order valence-electron chi connectivity index (χ1n) is 13.1. The number of carbonyl (C=O) groups is 2. The van der Waals surface area contributed by atoms with Crippen molar-refractivity contribution in [1.29, 1.82) is 0 Å². The Morgan fingerprint density at radius 1 is 1.07 bits per heavy atom. The van der Waals surface area contributed by atoms with Gasteiger partial charge in [-0.1, -0.05) is 22.9 Å². The molecule has 0 radical (unpaired) electrons. The van der Waals surface area contributed by atoms with Crippen LogP contribution in [-0.2, 0) is 14.3 Å². The van der Waals surface area contributed by atoms with Gasteiger partial charge >= 0.3 is 11.9 Å². The van der Waals surface area contributed by atoms with Crippen LogP contribution in [0, 0.1) is 0 Å². The van der Waals surface area contributed by atoms with Crippen LogP contribution in [0.1, 0.15) is 41.6 Å². The van der Waals surface area contributed by atoms with E-state index in [4.69, 9.17) is 35.0 Å². The van der Waals surface area contributed by atoms with Gasteiger partial charge in [-0.3, -0.25) is 9.36 Å². The van der Waals surface area contributed by atoms with E-state index in [1.54, 1.807) is 68.5 Å². The third-order valence-electron chi connectivity index (χ3n) is 6.80. The normalized spacial score (nSPS) is 14.7. The molecule has 0 aliphatic carbocycles. The molecule has 0 N–H and O–H groups in total. The maximum absolute atomic E-state index is 14.0. The van der Waals surface area contributed by atoms with Crippen molar-refractivity contribution in [2.24, 2.45) is 4.99 Å². The maximum atomic E-state index is 14.0. The molecular weight excluding hydrogens is 596 g/mol. The number of hydrogen-bond donors (Lipinski definition) is 0. The number of hydrogen-bond acceptors (Lipinski definition) is 10. The molecule has 1 aliphatic rings. The average Bonchev–Trinajstić information content (AvgIpc) is 3.59. The molecule has 0 spiro atoms. The van der Waals surface area contributed by atoms with E-state index in [1.165, 1.54) is 25.9 Å². The summed E-state index contributed by atoms with van der Waals surface area (Å²) in [5.74, 6) is 0.557. The fraction of sp³-hybridized carbons (Fsp3) is 0.226. The second-order valence-electron chi connectivity index (χ2n) is 9.29. The number of thiazole rings is 1. The van der Waals surface area contributed by atoms with Crippen LogP contribution >= 0.6 is 22.9 Å². The van der Waals surface area contributed by atoms with E-state index in [9.17, 15) is 14.4 Å². The van der Waals surface area contributed by atoms with Crippen LogP contribution in [-0.4, -0.2) is 44.4 Å². The molecule has 4 aromatic rings. The number of aromatic nitrogens is 1. The lowest BCUT2D eigenvalue weighted by molar-refractivity contribution is -0.139. The van der Waals surface area contributed by atoms with Crippen LogP contribution in [0.25, 0.3) is 17.4 Å². The van der Waals surface area contributed by atoms with E-state index >= 15 is 0 Å². The van der Waals surface area contributed by atoms with Crippen LogP contribution in [0.5, 0.6) is 11.5 Å². The van der Waals surface area contributed by atoms with Gasteiger partial charge in [0.15, 0.2) is 4.80 Å². The predicted molar refractivity (Wildman–Crippen MR) is 160 cm³/mol. The Kier molecular flexibility index (Phi) is 8.56. The van der Waals surface area contributed by atoms with Gasteiger partial charge in [-0.25, -0.2) is 14.6 Å². The number of methoxy groups -OCH3 is 3. The molecule has 2 aromatic heterocycles. The molecule has 5 rings (SSSR count). The zero-order chi connectivity index (χ0) is 30.8. The zero-order valence-electron chi connectivity index (χ0n) is 23.9. The van der Waals surface area contributed by atoms with Crippen molar-refractivity contribution in [2.75, 3.05) is 27.9 Å². The molecule has 222 valence electrons. The van der Waals surface area contributed by atoms with Gasteiger partial charge in [-0.05, 0) is 62.4 Å². The Labute approximate surface area is 255 Å². The minimum Gasteiger partial charge on any atom is -0.497 e. The number of nitrogens with zero attached hydrogens (tertiary/aromatic N) is 2. The summed E-state index contributed by atoms with van der Waals surface area (Å²) in [5, 5.41) is 0.412. The Balaban J connectivity index is 1.68. The molecule has 0 fully saturated rings. The minimum absolute atomic E-state index is 0.146. The summed E-state index contributed by atoms with van der Waals surface area (Å²) >= 11 is 7.34. The molecule has 12 heteroatoms. The standard InChI is InChI=1S/C31H27ClN2O8S/c1-6-41-30(37)26-16(2)33-31-34(27(26)22-14-18(38-3)8-11-23(22)39-4)28(35)25(43-31)15-19-9-12-24(42-19)21-13-17(32)7-10-20(21)29(36)40-5/h7-15,27H,6H2,1-5H3/b25-15+/t27-/m0/s1. The largest absolute Gasteiger partial charge is 0.497 e. The first-order chi connectivity index (χ1) is 20.7. The van der Waals surface area contributed by atoms with Crippen LogP contribution in [0.3, 0.4) is 0 Å². The van der Waals surface area contributed by atoms with Gasteiger partial charge in [0.1, 0.15) is 29.1 Å². The molecule has 43 heavy (non-hydrogen) atoms. The van der Waals surface area contributed by atoms with Gasteiger partial charge in [0.25, 0.3) is 5.56 Å². The molecule has 0 saturated carbocycles. The zero-order valence-corrected chi connectivity index (χ0v) is 25.5. The summed E-state index contributed by atoms with van der Waals surface area (Å²) in [7, 11) is 4.33. The first kappa shape index (κ1) is 29.9. The van der Waals surface area contributed by atoms with Crippen molar-refractivity contribution < 1.29 is 33.0 Å². The summed E-state index contributed by atoms with van der Waals surface area (Å²) in [6.07, 6.45) is 1.58. The molecule has 10 nitrogen and oxygen atoms in total. The van der Waals surface area contributed by atoms with E-state index in [2.05, 4.69) is 4.99 Å². The molecule has 3 heterocycles. The van der Waals surface area contributed by atoms with Gasteiger partial charge < -0.3 is 23.4 Å². The van der Waals surface area contributed by atoms with Gasteiger partial charge in [-0.15, -0.1) is 0 Å². The lowest BCUT2D eigenvalue weighted by Gasteiger charge is -2.26. The molecule has 0 bridgehead atoms. The maximum Gasteiger partial charge on any atom is 0.338 e. The van der Waals surface area contributed by atoms with Crippen molar-refractivity contribution in [3.63, 3.8) is 0 Å². The van der Waals surface area contributed by atoms with Gasteiger partial charge in [0.05, 0.1) is 49.3 Å². The van der Waals surface area contributed by atoms with Crippen LogP contribution < -0.4 is 24.4 Å².